The van der Waals surface area contributed by atoms with Crippen LogP contribution in [0.25, 0.3) is 11.5 Å². The van der Waals surface area contributed by atoms with Gasteiger partial charge in [-0.05, 0) is 67.5 Å². The number of nitrogens with zero attached hydrogens (tertiary/aromatic N) is 6. The fraction of sp³-hybridized carbons (Fsp3) is 0.458. The molecule has 0 radical (unpaired) electrons. The van der Waals surface area contributed by atoms with E-state index in [1.165, 1.54) is 7.11 Å². The Labute approximate surface area is 203 Å². The van der Waals surface area contributed by atoms with Gasteiger partial charge in [-0.25, -0.2) is 9.97 Å². The van der Waals surface area contributed by atoms with Crippen molar-refractivity contribution in [2.45, 2.75) is 45.7 Å². The Morgan fingerprint density at radius 1 is 1.11 bits per heavy atom. The fourth-order valence-electron chi connectivity index (χ4n) is 4.26. The van der Waals surface area contributed by atoms with E-state index in [0.717, 1.165) is 37.0 Å². The van der Waals surface area contributed by atoms with Crippen LogP contribution in [0.5, 0.6) is 5.75 Å². The molecule has 1 saturated carbocycles. The maximum Gasteiger partial charge on any atom is 0.308 e. The Hall–Kier alpha value is -3.89. The van der Waals surface area contributed by atoms with Crippen LogP contribution in [0.1, 0.15) is 47.6 Å². The summed E-state index contributed by atoms with van der Waals surface area (Å²) in [6.07, 6.45) is 3.41. The molecule has 0 saturated heterocycles. The molecule has 2 aromatic heterocycles. The Bertz CT molecular complexity index is 1190. The largest absolute Gasteiger partial charge is 0.497 e. The van der Waals surface area contributed by atoms with E-state index in [9.17, 15) is 9.59 Å². The Balaban J connectivity index is 1.39. The Morgan fingerprint density at radius 3 is 2.66 bits per heavy atom. The number of rotatable bonds is 8. The van der Waals surface area contributed by atoms with Crippen LogP contribution in [0.15, 0.2) is 30.3 Å². The minimum atomic E-state index is -0.325. The third-order valence-electron chi connectivity index (χ3n) is 6.14. The standard InChI is InChI=1S/C24H29N7O4/c1-15-26-20(12-21(27-15)23(32)25-13-17-5-4-6-19(11-17)34-2)22-28-30-31(29-22)14-16-7-9-18(10-8-16)24(33)35-3/h4-6,11-12,16,18H,7-10,13-14H2,1-3H3,(H,25,32)/t16-,18-. The molecule has 3 aromatic rings. The van der Waals surface area contributed by atoms with E-state index in [1.54, 1.807) is 24.9 Å². The average molecular weight is 480 g/mol. The second-order valence-corrected chi connectivity index (χ2v) is 8.63. The maximum atomic E-state index is 12.7. The summed E-state index contributed by atoms with van der Waals surface area (Å²) < 4.78 is 10.1. The number of methoxy groups -OCH3 is 2. The van der Waals surface area contributed by atoms with Gasteiger partial charge in [0.15, 0.2) is 0 Å². The van der Waals surface area contributed by atoms with Crippen molar-refractivity contribution in [2.75, 3.05) is 14.2 Å². The molecule has 0 aliphatic heterocycles. The molecule has 0 bridgehead atoms. The van der Waals surface area contributed by atoms with Crippen molar-refractivity contribution < 1.29 is 19.1 Å². The molecule has 4 rings (SSSR count). The van der Waals surface area contributed by atoms with Crippen molar-refractivity contribution in [1.82, 2.24) is 35.5 Å². The monoisotopic (exact) mass is 479 g/mol. The lowest BCUT2D eigenvalue weighted by molar-refractivity contribution is -0.146. The highest BCUT2D eigenvalue weighted by Gasteiger charge is 2.27. The van der Waals surface area contributed by atoms with E-state index >= 15 is 0 Å². The van der Waals surface area contributed by atoms with E-state index in [4.69, 9.17) is 9.47 Å². The predicted octanol–water partition coefficient (Wildman–Crippen LogP) is 2.36. The first-order valence-electron chi connectivity index (χ1n) is 11.6. The Kier molecular flexibility index (Phi) is 7.64. The van der Waals surface area contributed by atoms with Crippen LogP contribution in [-0.2, 0) is 22.6 Å². The zero-order chi connectivity index (χ0) is 24.8. The number of benzene rings is 1. The topological polar surface area (TPSA) is 134 Å². The molecule has 35 heavy (non-hydrogen) atoms. The zero-order valence-electron chi connectivity index (χ0n) is 20.1. The lowest BCUT2D eigenvalue weighted by Gasteiger charge is -2.26. The molecule has 0 unspecified atom stereocenters. The lowest BCUT2D eigenvalue weighted by Crippen LogP contribution is -2.25. The molecule has 1 aliphatic carbocycles. The van der Waals surface area contributed by atoms with Crippen LogP contribution in [0.4, 0.5) is 0 Å². The van der Waals surface area contributed by atoms with Crippen molar-refractivity contribution >= 4 is 11.9 Å². The van der Waals surface area contributed by atoms with Crippen LogP contribution in [0, 0.1) is 18.8 Å². The SMILES string of the molecule is COc1cccc(CNC(=O)c2cc(-c3nnn(C[C@H]4CC[C@H](C(=O)OC)CC4)n3)nc(C)n2)c1. The summed E-state index contributed by atoms with van der Waals surface area (Å²) >= 11 is 0. The maximum absolute atomic E-state index is 12.7. The first-order chi connectivity index (χ1) is 16.9. The molecule has 1 fully saturated rings. The van der Waals surface area contributed by atoms with Crippen LogP contribution < -0.4 is 10.1 Å². The number of amides is 1. The van der Waals surface area contributed by atoms with Crippen LogP contribution in [0.3, 0.4) is 0 Å². The number of ether oxygens (including phenoxy) is 2. The molecule has 1 N–H and O–H groups in total. The Morgan fingerprint density at radius 2 is 1.91 bits per heavy atom. The quantitative estimate of drug-likeness (QED) is 0.483. The van der Waals surface area contributed by atoms with Gasteiger partial charge in [0.2, 0.25) is 5.82 Å². The molecule has 1 amide bonds. The summed E-state index contributed by atoms with van der Waals surface area (Å²) in [6, 6.07) is 9.05. The molecule has 11 heteroatoms. The van der Waals surface area contributed by atoms with Gasteiger partial charge in [-0.1, -0.05) is 12.1 Å². The van der Waals surface area contributed by atoms with Crippen LogP contribution in [0.2, 0.25) is 0 Å². The summed E-state index contributed by atoms with van der Waals surface area (Å²) in [5.41, 5.74) is 1.58. The number of hydrogen-bond acceptors (Lipinski definition) is 9. The molecule has 1 aromatic carbocycles. The van der Waals surface area contributed by atoms with Gasteiger partial charge in [0.1, 0.15) is 23.0 Å². The van der Waals surface area contributed by atoms with Crippen molar-refractivity contribution in [3.63, 3.8) is 0 Å². The van der Waals surface area contributed by atoms with Crippen LogP contribution >= 0.6 is 0 Å². The van der Waals surface area contributed by atoms with Gasteiger partial charge in [0.25, 0.3) is 5.91 Å². The number of tetrazole rings is 1. The molecule has 11 nitrogen and oxygen atoms in total. The second-order valence-electron chi connectivity index (χ2n) is 8.63. The number of aromatic nitrogens is 6. The number of carbonyl (C=O) groups excluding carboxylic acids is 2. The molecule has 0 atom stereocenters. The number of esters is 1. The first-order valence-corrected chi connectivity index (χ1v) is 11.6. The predicted molar refractivity (Wildman–Crippen MR) is 125 cm³/mol. The summed E-state index contributed by atoms with van der Waals surface area (Å²) in [5, 5.41) is 15.6. The number of aryl methyl sites for hydroxylation is 1. The fourth-order valence-corrected chi connectivity index (χ4v) is 4.26. The molecule has 0 spiro atoms. The van der Waals surface area contributed by atoms with Gasteiger partial charge >= 0.3 is 5.97 Å². The number of hydrogen-bond donors (Lipinski definition) is 1. The van der Waals surface area contributed by atoms with Gasteiger partial charge in [0.05, 0.1) is 26.7 Å². The minimum absolute atomic E-state index is 0.0204. The summed E-state index contributed by atoms with van der Waals surface area (Å²) in [7, 11) is 3.03. The highest BCUT2D eigenvalue weighted by molar-refractivity contribution is 5.93. The van der Waals surface area contributed by atoms with Gasteiger partial charge in [-0.2, -0.15) is 4.80 Å². The van der Waals surface area contributed by atoms with Gasteiger partial charge in [-0.3, -0.25) is 9.59 Å². The van der Waals surface area contributed by atoms with Gasteiger partial charge < -0.3 is 14.8 Å². The molecular formula is C24H29N7O4. The molecule has 184 valence electrons. The first kappa shape index (κ1) is 24.2. The lowest BCUT2D eigenvalue weighted by atomic mass is 9.82. The molecule has 2 heterocycles. The number of carbonyl (C=O) groups is 2. The zero-order valence-corrected chi connectivity index (χ0v) is 20.1. The summed E-state index contributed by atoms with van der Waals surface area (Å²) in [5.74, 6) is 1.38. The molecular weight excluding hydrogens is 450 g/mol. The highest BCUT2D eigenvalue weighted by atomic mass is 16.5. The van der Waals surface area contributed by atoms with Crippen molar-refractivity contribution in [1.29, 1.82) is 0 Å². The smallest absolute Gasteiger partial charge is 0.308 e. The minimum Gasteiger partial charge on any atom is -0.497 e. The van der Waals surface area contributed by atoms with Gasteiger partial charge in [0, 0.05) is 6.54 Å². The van der Waals surface area contributed by atoms with E-state index in [1.807, 2.05) is 24.3 Å². The second kappa shape index (κ2) is 11.0. The van der Waals surface area contributed by atoms with Crippen molar-refractivity contribution in [3.8, 4) is 17.3 Å². The summed E-state index contributed by atoms with van der Waals surface area (Å²) in [4.78, 5) is 34.7. The number of nitrogens with one attached hydrogen (secondary N) is 1. The third-order valence-corrected chi connectivity index (χ3v) is 6.14. The van der Waals surface area contributed by atoms with E-state index in [0.29, 0.717) is 36.4 Å². The molecule has 1 aliphatic rings. The van der Waals surface area contributed by atoms with Crippen molar-refractivity contribution in [2.24, 2.45) is 11.8 Å². The summed E-state index contributed by atoms with van der Waals surface area (Å²) in [6.45, 7) is 2.66. The van der Waals surface area contributed by atoms with Crippen molar-refractivity contribution in [3.05, 3.63) is 47.4 Å². The average Bonchev–Trinajstić information content (AvgIpc) is 3.35. The highest BCUT2D eigenvalue weighted by Crippen LogP contribution is 2.30. The third kappa shape index (κ3) is 6.17. The van der Waals surface area contributed by atoms with E-state index in [-0.39, 0.29) is 23.5 Å². The van der Waals surface area contributed by atoms with E-state index in [2.05, 4.69) is 30.7 Å². The van der Waals surface area contributed by atoms with Crippen LogP contribution in [-0.4, -0.2) is 56.3 Å². The van der Waals surface area contributed by atoms with E-state index < -0.39 is 0 Å². The van der Waals surface area contributed by atoms with Gasteiger partial charge in [-0.15, -0.1) is 10.2 Å². The normalized spacial score (nSPS) is 17.6.